The van der Waals surface area contributed by atoms with Gasteiger partial charge in [-0.15, -0.1) is 6.58 Å². The summed E-state index contributed by atoms with van der Waals surface area (Å²) in [5.74, 6) is 6.47. The van der Waals surface area contributed by atoms with Crippen LogP contribution in [0.5, 0.6) is 0 Å². The van der Waals surface area contributed by atoms with Gasteiger partial charge in [-0.2, -0.15) is 0 Å². The van der Waals surface area contributed by atoms with E-state index in [0.29, 0.717) is 6.42 Å². The second-order valence-corrected chi connectivity index (χ2v) is 7.29. The number of anilines is 1. The van der Waals surface area contributed by atoms with Crippen LogP contribution in [-0.4, -0.2) is 13.0 Å². The van der Waals surface area contributed by atoms with Gasteiger partial charge in [-0.25, -0.2) is 0 Å². The fourth-order valence-electron chi connectivity index (χ4n) is 2.78. The van der Waals surface area contributed by atoms with E-state index in [1.54, 1.807) is 4.90 Å². The first-order chi connectivity index (χ1) is 12.6. The molecule has 26 heavy (non-hydrogen) atoms. The Hall–Kier alpha value is -2.06. The molecule has 0 bridgehead atoms. The van der Waals surface area contributed by atoms with Crippen molar-refractivity contribution in [2.75, 3.05) is 11.9 Å². The highest BCUT2D eigenvalue weighted by molar-refractivity contribution is 14.1. The summed E-state index contributed by atoms with van der Waals surface area (Å²) in [7, 11) is 1.85. The lowest BCUT2D eigenvalue weighted by atomic mass is 9.96. The number of halogens is 1. The van der Waals surface area contributed by atoms with Gasteiger partial charge < -0.3 is 4.90 Å². The molecular weight excluding hydrogens is 433 g/mol. The average molecular weight is 457 g/mol. The van der Waals surface area contributed by atoms with E-state index in [1.165, 1.54) is 0 Å². The molecule has 0 aromatic heterocycles. The van der Waals surface area contributed by atoms with Crippen LogP contribution in [0.4, 0.5) is 5.69 Å². The molecule has 0 heterocycles. The van der Waals surface area contributed by atoms with Crippen LogP contribution in [0.1, 0.15) is 31.2 Å². The van der Waals surface area contributed by atoms with Gasteiger partial charge in [0.15, 0.2) is 0 Å². The van der Waals surface area contributed by atoms with E-state index in [-0.39, 0.29) is 11.8 Å². The van der Waals surface area contributed by atoms with Gasteiger partial charge in [0.2, 0.25) is 5.91 Å². The number of rotatable bonds is 7. The van der Waals surface area contributed by atoms with Gasteiger partial charge in [0.1, 0.15) is 0 Å². The number of benzene rings is 2. The van der Waals surface area contributed by atoms with Gasteiger partial charge in [0.25, 0.3) is 0 Å². The lowest BCUT2D eigenvalue weighted by Gasteiger charge is -2.24. The van der Waals surface area contributed by atoms with Gasteiger partial charge in [0.05, 0.1) is 5.69 Å². The summed E-state index contributed by atoms with van der Waals surface area (Å²) in [5, 5.41) is 0. The maximum absolute atomic E-state index is 12.9. The van der Waals surface area contributed by atoms with Crippen LogP contribution in [0.3, 0.4) is 0 Å². The summed E-state index contributed by atoms with van der Waals surface area (Å²) in [6, 6.07) is 17.9. The number of para-hydroxylation sites is 1. The molecule has 0 N–H and O–H groups in total. The van der Waals surface area contributed by atoms with Gasteiger partial charge in [-0.1, -0.05) is 48.2 Å². The van der Waals surface area contributed by atoms with Crippen molar-refractivity contribution >= 4 is 34.2 Å². The molecule has 134 valence electrons. The molecule has 2 nitrogen and oxygen atoms in total. The van der Waals surface area contributed by atoms with Crippen LogP contribution >= 0.6 is 22.6 Å². The summed E-state index contributed by atoms with van der Waals surface area (Å²) in [4.78, 5) is 14.7. The molecule has 0 radical (unpaired) electrons. The second-order valence-electron chi connectivity index (χ2n) is 6.13. The number of unbranched alkanes of at least 4 members (excludes halogenated alkanes) is 1. The van der Waals surface area contributed by atoms with Gasteiger partial charge in [-0.3, -0.25) is 4.79 Å². The van der Waals surface area contributed by atoms with E-state index < -0.39 is 0 Å². The van der Waals surface area contributed by atoms with E-state index in [2.05, 4.69) is 41.0 Å². The number of amides is 1. The molecule has 1 unspecified atom stereocenters. The highest BCUT2D eigenvalue weighted by Gasteiger charge is 2.22. The zero-order valence-electron chi connectivity index (χ0n) is 15.1. The molecule has 0 fully saturated rings. The molecule has 1 atom stereocenters. The molecule has 0 aliphatic carbocycles. The second kappa shape index (κ2) is 10.8. The molecule has 0 saturated carbocycles. The van der Waals surface area contributed by atoms with Crippen LogP contribution in [-0.2, 0) is 4.79 Å². The number of nitrogens with zero attached hydrogens (tertiary/aromatic N) is 1. The van der Waals surface area contributed by atoms with E-state index in [1.807, 2.05) is 67.7 Å². The molecular formula is C23H24INO. The molecule has 2 aromatic carbocycles. The van der Waals surface area contributed by atoms with Crippen LogP contribution in [0.2, 0.25) is 0 Å². The summed E-state index contributed by atoms with van der Waals surface area (Å²) in [5.41, 5.74) is 1.99. The Bertz CT molecular complexity index is 789. The zero-order valence-corrected chi connectivity index (χ0v) is 17.3. The standard InChI is InChI=1S/C23H24INO/c1-3-12-20(16-9-5-8-15-19-13-6-4-7-14-19)23(26)25(2)22-18-11-10-17-21(22)24/h3-4,6-7,10-11,13-14,17-18,20H,1,5,9,12,16H2,2H3. The third-order valence-corrected chi connectivity index (χ3v) is 5.12. The van der Waals surface area contributed by atoms with E-state index in [0.717, 1.165) is 34.1 Å². The third kappa shape index (κ3) is 6.03. The van der Waals surface area contributed by atoms with Crippen LogP contribution in [0.15, 0.2) is 67.3 Å². The SMILES string of the molecule is C=CCC(CCCC#Cc1ccccc1)C(=O)N(C)c1ccccc1I. The molecule has 0 aliphatic heterocycles. The lowest BCUT2D eigenvalue weighted by Crippen LogP contribution is -2.33. The Kier molecular flexibility index (Phi) is 8.43. The summed E-state index contributed by atoms with van der Waals surface area (Å²) in [6.45, 7) is 3.82. The molecule has 2 rings (SSSR count). The maximum Gasteiger partial charge on any atom is 0.230 e. The fourth-order valence-corrected chi connectivity index (χ4v) is 3.53. The number of carbonyl (C=O) groups is 1. The first kappa shape index (κ1) is 20.3. The Morgan fingerprint density at radius 3 is 2.58 bits per heavy atom. The normalized spacial score (nSPS) is 11.2. The number of hydrogen-bond donors (Lipinski definition) is 0. The first-order valence-electron chi connectivity index (χ1n) is 8.80. The Morgan fingerprint density at radius 1 is 1.19 bits per heavy atom. The number of hydrogen-bond acceptors (Lipinski definition) is 1. The van der Waals surface area contributed by atoms with Crippen molar-refractivity contribution in [2.24, 2.45) is 5.92 Å². The molecule has 3 heteroatoms. The molecule has 1 amide bonds. The van der Waals surface area contributed by atoms with Crippen molar-refractivity contribution in [3.05, 3.63) is 76.4 Å². The Labute approximate surface area is 170 Å². The van der Waals surface area contributed by atoms with Crippen molar-refractivity contribution < 1.29 is 4.79 Å². The quantitative estimate of drug-likeness (QED) is 0.227. The molecule has 2 aromatic rings. The van der Waals surface area contributed by atoms with Crippen LogP contribution < -0.4 is 4.90 Å². The maximum atomic E-state index is 12.9. The van der Waals surface area contributed by atoms with Gasteiger partial charge >= 0.3 is 0 Å². The van der Waals surface area contributed by atoms with Crippen molar-refractivity contribution in [2.45, 2.75) is 25.7 Å². The molecule has 0 aliphatic rings. The molecule has 0 saturated heterocycles. The smallest absolute Gasteiger partial charge is 0.230 e. The highest BCUT2D eigenvalue weighted by atomic mass is 127. The van der Waals surface area contributed by atoms with Crippen molar-refractivity contribution in [1.29, 1.82) is 0 Å². The van der Waals surface area contributed by atoms with Crippen LogP contribution in [0.25, 0.3) is 0 Å². The Morgan fingerprint density at radius 2 is 1.88 bits per heavy atom. The summed E-state index contributed by atoms with van der Waals surface area (Å²) in [6.07, 6.45) is 5.05. The van der Waals surface area contributed by atoms with Gasteiger partial charge in [0, 0.05) is 28.5 Å². The Balaban J connectivity index is 1.93. The minimum absolute atomic E-state index is 0.0490. The minimum atomic E-state index is -0.0490. The summed E-state index contributed by atoms with van der Waals surface area (Å²) < 4.78 is 1.08. The van der Waals surface area contributed by atoms with Gasteiger partial charge in [-0.05, 0) is 66.1 Å². The number of carbonyl (C=O) groups excluding carboxylic acids is 1. The predicted molar refractivity (Wildman–Crippen MR) is 118 cm³/mol. The monoisotopic (exact) mass is 457 g/mol. The molecule has 0 spiro atoms. The lowest BCUT2D eigenvalue weighted by molar-refractivity contribution is -0.122. The topological polar surface area (TPSA) is 20.3 Å². The van der Waals surface area contributed by atoms with Crippen molar-refractivity contribution in [3.8, 4) is 11.8 Å². The van der Waals surface area contributed by atoms with E-state index in [9.17, 15) is 4.79 Å². The zero-order chi connectivity index (χ0) is 18.8. The third-order valence-electron chi connectivity index (χ3n) is 4.21. The minimum Gasteiger partial charge on any atom is -0.314 e. The van der Waals surface area contributed by atoms with E-state index in [4.69, 9.17) is 0 Å². The van der Waals surface area contributed by atoms with Crippen LogP contribution in [0, 0.1) is 21.3 Å². The van der Waals surface area contributed by atoms with Crippen molar-refractivity contribution in [3.63, 3.8) is 0 Å². The largest absolute Gasteiger partial charge is 0.314 e. The fraction of sp³-hybridized carbons (Fsp3) is 0.261. The summed E-state index contributed by atoms with van der Waals surface area (Å²) >= 11 is 2.27. The van der Waals surface area contributed by atoms with Crippen molar-refractivity contribution in [1.82, 2.24) is 0 Å². The predicted octanol–water partition coefficient (Wildman–Crippen LogP) is 5.67. The average Bonchev–Trinajstić information content (AvgIpc) is 2.67. The highest BCUT2D eigenvalue weighted by Crippen LogP contribution is 2.25. The number of allylic oxidation sites excluding steroid dienone is 1. The van der Waals surface area contributed by atoms with E-state index >= 15 is 0 Å². The first-order valence-corrected chi connectivity index (χ1v) is 9.88.